The Labute approximate surface area is 157 Å². The van der Waals surface area contributed by atoms with Crippen LogP contribution in [0.5, 0.6) is 11.5 Å². The largest absolute Gasteiger partial charge is 0.508 e. The first kappa shape index (κ1) is 18.9. The summed E-state index contributed by atoms with van der Waals surface area (Å²) in [4.78, 5) is 34.5. The molecular weight excluding hydrogens is 370 g/mol. The lowest BCUT2D eigenvalue weighted by atomic mass is 10.1. The van der Waals surface area contributed by atoms with E-state index in [0.29, 0.717) is 10.9 Å². The number of ether oxygens (including phenoxy) is 2. The van der Waals surface area contributed by atoms with Gasteiger partial charge < -0.3 is 19.0 Å². The second-order valence-corrected chi connectivity index (χ2v) is 5.72. The van der Waals surface area contributed by atoms with Crippen molar-refractivity contribution in [2.45, 2.75) is 13.5 Å². The second-order valence-electron chi connectivity index (χ2n) is 5.72. The Bertz CT molecular complexity index is 1120. The Morgan fingerprint density at radius 2 is 2.00 bits per heavy atom. The first-order chi connectivity index (χ1) is 13.4. The van der Waals surface area contributed by atoms with Crippen LogP contribution in [-0.4, -0.2) is 22.6 Å². The van der Waals surface area contributed by atoms with Gasteiger partial charge in [0.2, 0.25) is 0 Å². The molecule has 0 aliphatic carbocycles. The molecule has 0 spiro atoms. The predicted octanol–water partition coefficient (Wildman–Crippen LogP) is 3.16. The number of phenols is 1. The minimum Gasteiger partial charge on any atom is -0.508 e. The van der Waals surface area contributed by atoms with Gasteiger partial charge in [0.25, 0.3) is 0 Å². The number of fused-ring (bicyclic) bond motifs is 1. The molecule has 28 heavy (non-hydrogen) atoms. The number of benzene rings is 2. The highest BCUT2D eigenvalue weighted by molar-refractivity contribution is 5.91. The van der Waals surface area contributed by atoms with Gasteiger partial charge in [-0.3, -0.25) is 10.1 Å². The lowest BCUT2D eigenvalue weighted by Gasteiger charge is -2.09. The van der Waals surface area contributed by atoms with Crippen LogP contribution in [0, 0.1) is 10.1 Å². The minimum atomic E-state index is -0.800. The van der Waals surface area contributed by atoms with E-state index >= 15 is 0 Å². The van der Waals surface area contributed by atoms with Gasteiger partial charge in [0.05, 0.1) is 17.1 Å². The normalized spacial score (nSPS) is 10.6. The van der Waals surface area contributed by atoms with Gasteiger partial charge >= 0.3 is 17.3 Å². The number of nitrogens with zero attached hydrogens (tertiary/aromatic N) is 1. The highest BCUT2D eigenvalue weighted by Crippen LogP contribution is 2.28. The fourth-order valence-corrected chi connectivity index (χ4v) is 2.63. The molecule has 0 aliphatic rings. The van der Waals surface area contributed by atoms with Crippen molar-refractivity contribution in [3.63, 3.8) is 0 Å². The molecule has 1 heterocycles. The molecule has 3 aromatic rings. The maximum absolute atomic E-state index is 12.3. The highest BCUT2D eigenvalue weighted by atomic mass is 16.6. The predicted molar refractivity (Wildman–Crippen MR) is 97.5 cm³/mol. The van der Waals surface area contributed by atoms with E-state index in [0.717, 1.165) is 6.07 Å². The van der Waals surface area contributed by atoms with Gasteiger partial charge in [-0.05, 0) is 31.2 Å². The van der Waals surface area contributed by atoms with Crippen LogP contribution in [0.15, 0.2) is 51.7 Å². The summed E-state index contributed by atoms with van der Waals surface area (Å²) in [5.41, 5.74) is -0.520. The molecule has 0 aliphatic heterocycles. The van der Waals surface area contributed by atoms with Gasteiger partial charge in [-0.15, -0.1) is 0 Å². The molecule has 144 valence electrons. The Morgan fingerprint density at radius 1 is 1.21 bits per heavy atom. The molecule has 3 rings (SSSR count). The summed E-state index contributed by atoms with van der Waals surface area (Å²) in [5.74, 6) is -0.826. The fourth-order valence-electron chi connectivity index (χ4n) is 2.63. The maximum Gasteiger partial charge on any atom is 0.338 e. The van der Waals surface area contributed by atoms with Crippen LogP contribution in [0.4, 0.5) is 5.69 Å². The summed E-state index contributed by atoms with van der Waals surface area (Å²) in [6.45, 7) is 1.67. The summed E-state index contributed by atoms with van der Waals surface area (Å²) < 4.78 is 15.4. The molecule has 0 unspecified atom stereocenters. The number of phenolic OH excluding ortho intramolecular Hbond substituents is 1. The molecule has 2 aromatic carbocycles. The van der Waals surface area contributed by atoms with Crippen molar-refractivity contribution in [2.24, 2.45) is 0 Å². The lowest BCUT2D eigenvalue weighted by molar-refractivity contribution is -0.385. The molecule has 0 atom stereocenters. The third kappa shape index (κ3) is 3.93. The highest BCUT2D eigenvalue weighted by Gasteiger charge is 2.20. The van der Waals surface area contributed by atoms with Gasteiger partial charge in [0.15, 0.2) is 5.75 Å². The van der Waals surface area contributed by atoms with Crippen molar-refractivity contribution in [1.29, 1.82) is 0 Å². The van der Waals surface area contributed by atoms with Crippen LogP contribution in [0.25, 0.3) is 11.0 Å². The Morgan fingerprint density at radius 3 is 2.71 bits per heavy atom. The van der Waals surface area contributed by atoms with Crippen molar-refractivity contribution >= 4 is 22.6 Å². The Balaban J connectivity index is 1.85. The number of nitro benzene ring substituents is 1. The van der Waals surface area contributed by atoms with Crippen molar-refractivity contribution < 1.29 is 28.7 Å². The molecule has 9 nitrogen and oxygen atoms in total. The molecule has 1 N–H and O–H groups in total. The fraction of sp³-hybridized carbons (Fsp3) is 0.158. The second kappa shape index (κ2) is 7.78. The molecule has 9 heteroatoms. The molecular formula is C19H15NO8. The smallest absolute Gasteiger partial charge is 0.338 e. The number of nitro groups is 1. The Hall–Kier alpha value is -3.88. The van der Waals surface area contributed by atoms with Crippen LogP contribution >= 0.6 is 0 Å². The average Bonchev–Trinajstić information content (AvgIpc) is 2.65. The van der Waals surface area contributed by atoms with E-state index < -0.39 is 16.5 Å². The minimum absolute atomic E-state index is 0.0277. The van der Waals surface area contributed by atoms with E-state index in [-0.39, 0.29) is 41.5 Å². The maximum atomic E-state index is 12.3. The van der Waals surface area contributed by atoms with Crippen LogP contribution in [0.3, 0.4) is 0 Å². The number of carbonyl (C=O) groups is 1. The molecule has 0 bridgehead atoms. The first-order valence-electron chi connectivity index (χ1n) is 8.23. The zero-order valence-electron chi connectivity index (χ0n) is 14.7. The van der Waals surface area contributed by atoms with Gasteiger partial charge in [-0.1, -0.05) is 0 Å². The number of aromatic hydroxyl groups is 1. The van der Waals surface area contributed by atoms with E-state index in [9.17, 15) is 24.8 Å². The molecule has 0 saturated heterocycles. The number of esters is 1. The SMILES string of the molecule is CCOc1ccc(C(=O)OCc2cc(=O)oc3cc(O)ccc23)cc1[N+](=O)[O-]. The number of hydrogen-bond donors (Lipinski definition) is 1. The summed E-state index contributed by atoms with van der Waals surface area (Å²) in [6.07, 6.45) is 0. The summed E-state index contributed by atoms with van der Waals surface area (Å²) in [6, 6.07) is 9.14. The van der Waals surface area contributed by atoms with Crippen molar-refractivity contribution in [3.05, 3.63) is 74.1 Å². The van der Waals surface area contributed by atoms with E-state index in [1.807, 2.05) is 0 Å². The lowest BCUT2D eigenvalue weighted by Crippen LogP contribution is -2.09. The van der Waals surface area contributed by atoms with Crippen LogP contribution in [-0.2, 0) is 11.3 Å². The molecule has 0 amide bonds. The number of carbonyl (C=O) groups excluding carboxylic acids is 1. The average molecular weight is 385 g/mol. The number of rotatable bonds is 6. The van der Waals surface area contributed by atoms with Gasteiger partial charge in [0.1, 0.15) is 17.9 Å². The van der Waals surface area contributed by atoms with Gasteiger partial charge in [0, 0.05) is 29.1 Å². The topological polar surface area (TPSA) is 129 Å². The van der Waals surface area contributed by atoms with E-state index in [4.69, 9.17) is 13.9 Å². The van der Waals surface area contributed by atoms with Gasteiger partial charge in [-0.25, -0.2) is 9.59 Å². The van der Waals surface area contributed by atoms with Crippen molar-refractivity contribution in [3.8, 4) is 11.5 Å². The van der Waals surface area contributed by atoms with Crippen LogP contribution < -0.4 is 10.4 Å². The van der Waals surface area contributed by atoms with E-state index in [1.165, 1.54) is 36.4 Å². The van der Waals surface area contributed by atoms with Gasteiger partial charge in [-0.2, -0.15) is 0 Å². The molecule has 0 radical (unpaired) electrons. The zero-order valence-corrected chi connectivity index (χ0v) is 14.7. The molecule has 0 fully saturated rings. The zero-order chi connectivity index (χ0) is 20.3. The van der Waals surface area contributed by atoms with E-state index in [1.54, 1.807) is 6.92 Å². The number of hydrogen-bond acceptors (Lipinski definition) is 8. The van der Waals surface area contributed by atoms with Crippen LogP contribution in [0.1, 0.15) is 22.8 Å². The Kier molecular flexibility index (Phi) is 5.25. The summed E-state index contributed by atoms with van der Waals surface area (Å²) >= 11 is 0. The van der Waals surface area contributed by atoms with Crippen LogP contribution in [0.2, 0.25) is 0 Å². The summed E-state index contributed by atoms with van der Waals surface area (Å²) in [5, 5.41) is 21.2. The monoisotopic (exact) mass is 385 g/mol. The van der Waals surface area contributed by atoms with Crippen molar-refractivity contribution in [2.75, 3.05) is 6.61 Å². The van der Waals surface area contributed by atoms with Crippen molar-refractivity contribution in [1.82, 2.24) is 0 Å². The summed E-state index contributed by atoms with van der Waals surface area (Å²) in [7, 11) is 0. The van der Waals surface area contributed by atoms with E-state index in [2.05, 4.69) is 0 Å². The molecule has 0 saturated carbocycles. The quantitative estimate of drug-likeness (QED) is 0.296. The third-order valence-electron chi connectivity index (χ3n) is 3.86. The standard InChI is InChI=1S/C19H15NO8/c1-2-26-16-6-3-11(7-15(16)20(24)25)19(23)27-10-12-8-18(22)28-17-9-13(21)4-5-14(12)17/h3-9,21H,2,10H2,1H3. The molecule has 1 aromatic heterocycles. The first-order valence-corrected chi connectivity index (χ1v) is 8.23. The third-order valence-corrected chi connectivity index (χ3v) is 3.86.